The molecule has 0 spiro atoms. The van der Waals surface area contributed by atoms with Crippen LogP contribution in [0.3, 0.4) is 0 Å². The number of likely N-dealkylation sites (tertiary alicyclic amines) is 1. The molecule has 1 amide bonds. The Hall–Kier alpha value is -0.530. The summed E-state index contributed by atoms with van der Waals surface area (Å²) < 4.78 is 9.54. The topological polar surface area (TPSA) is 55.8 Å². The van der Waals surface area contributed by atoms with Gasteiger partial charge in [0.1, 0.15) is 0 Å². The van der Waals surface area contributed by atoms with E-state index in [0.717, 1.165) is 6.42 Å². The van der Waals surface area contributed by atoms with E-state index in [1.807, 2.05) is 0 Å². The third kappa shape index (κ3) is 2.96. The summed E-state index contributed by atoms with van der Waals surface area (Å²) in [6.07, 6.45) is 0.749. The van der Waals surface area contributed by atoms with E-state index >= 15 is 0 Å². The predicted molar refractivity (Wildman–Crippen MR) is 62.0 cm³/mol. The highest BCUT2D eigenvalue weighted by atomic mass is 127. The van der Waals surface area contributed by atoms with Gasteiger partial charge in [-0.3, -0.25) is 4.79 Å². The number of nitrogens with zero attached hydrogens (tertiary/aromatic N) is 1. The van der Waals surface area contributed by atoms with Crippen LogP contribution in [0.25, 0.3) is 0 Å². The highest BCUT2D eigenvalue weighted by molar-refractivity contribution is 14.1. The number of esters is 1. The Morgan fingerprint density at radius 3 is 2.60 bits per heavy atom. The number of ether oxygens (including phenoxy) is 2. The molecule has 1 aliphatic rings. The summed E-state index contributed by atoms with van der Waals surface area (Å²) >= 11 is 2.25. The number of hydrogen-bond acceptors (Lipinski definition) is 4. The van der Waals surface area contributed by atoms with Gasteiger partial charge in [-0.1, -0.05) is 22.6 Å². The van der Waals surface area contributed by atoms with Crippen molar-refractivity contribution in [3.05, 3.63) is 0 Å². The maximum absolute atomic E-state index is 11.4. The molecule has 0 saturated carbocycles. The molecule has 0 aromatic heterocycles. The smallest absolute Gasteiger partial charge is 0.409 e. The van der Waals surface area contributed by atoms with Crippen molar-refractivity contribution in [2.75, 3.05) is 20.8 Å². The number of hydrogen-bond donors (Lipinski definition) is 0. The van der Waals surface area contributed by atoms with Gasteiger partial charge >= 0.3 is 12.1 Å². The lowest BCUT2D eigenvalue weighted by Gasteiger charge is -2.23. The standard InChI is InChI=1S/C9H14INO4/c1-14-8(12)5-7-6(10)3-4-11(7)9(13)15-2/h6-7H,3-5H2,1-2H3/t6-,7+/m1/s1. The van der Waals surface area contributed by atoms with Gasteiger partial charge < -0.3 is 14.4 Å². The third-order valence-electron chi connectivity index (χ3n) is 2.48. The van der Waals surface area contributed by atoms with Gasteiger partial charge in [-0.15, -0.1) is 0 Å². The molecule has 1 heterocycles. The molecule has 1 saturated heterocycles. The normalized spacial score (nSPS) is 25.1. The second-order valence-corrected chi connectivity index (χ2v) is 4.92. The van der Waals surface area contributed by atoms with Crippen LogP contribution in [-0.2, 0) is 14.3 Å². The van der Waals surface area contributed by atoms with Gasteiger partial charge in [-0.25, -0.2) is 4.79 Å². The summed E-state index contributed by atoms with van der Waals surface area (Å²) in [7, 11) is 2.69. The van der Waals surface area contributed by atoms with Gasteiger partial charge in [-0.2, -0.15) is 0 Å². The summed E-state index contributed by atoms with van der Waals surface area (Å²) in [6, 6.07) is -0.106. The van der Waals surface area contributed by atoms with Crippen LogP contribution in [0.4, 0.5) is 4.79 Å². The molecular weight excluding hydrogens is 313 g/mol. The third-order valence-corrected chi connectivity index (χ3v) is 3.93. The Morgan fingerprint density at radius 1 is 1.40 bits per heavy atom. The quantitative estimate of drug-likeness (QED) is 0.434. The fourth-order valence-corrected chi connectivity index (χ4v) is 2.57. The van der Waals surface area contributed by atoms with E-state index in [-0.39, 0.29) is 28.4 Å². The number of carbonyl (C=O) groups excluding carboxylic acids is 2. The van der Waals surface area contributed by atoms with Gasteiger partial charge in [0.25, 0.3) is 0 Å². The van der Waals surface area contributed by atoms with E-state index in [1.165, 1.54) is 14.2 Å². The van der Waals surface area contributed by atoms with Gasteiger partial charge in [0.05, 0.1) is 26.7 Å². The van der Waals surface area contributed by atoms with Crippen molar-refractivity contribution in [2.45, 2.75) is 22.8 Å². The second kappa shape index (κ2) is 5.53. The van der Waals surface area contributed by atoms with Crippen molar-refractivity contribution in [2.24, 2.45) is 0 Å². The van der Waals surface area contributed by atoms with Crippen LogP contribution in [0.1, 0.15) is 12.8 Å². The first-order valence-electron chi connectivity index (χ1n) is 4.65. The number of amides is 1. The second-order valence-electron chi connectivity index (χ2n) is 3.32. The molecule has 15 heavy (non-hydrogen) atoms. The maximum Gasteiger partial charge on any atom is 0.409 e. The molecule has 6 heteroatoms. The molecule has 0 unspecified atom stereocenters. The first kappa shape index (κ1) is 12.5. The summed E-state index contributed by atoms with van der Waals surface area (Å²) in [6.45, 7) is 0.641. The van der Waals surface area contributed by atoms with E-state index < -0.39 is 0 Å². The van der Waals surface area contributed by atoms with Crippen molar-refractivity contribution in [3.8, 4) is 0 Å². The van der Waals surface area contributed by atoms with E-state index in [0.29, 0.717) is 6.54 Å². The number of methoxy groups -OCH3 is 2. The Kier molecular flexibility index (Phi) is 4.62. The monoisotopic (exact) mass is 327 g/mol. The number of halogens is 1. The zero-order valence-corrected chi connectivity index (χ0v) is 10.9. The minimum atomic E-state index is -0.372. The lowest BCUT2D eigenvalue weighted by molar-refractivity contribution is -0.141. The molecule has 1 aliphatic heterocycles. The number of alkyl halides is 1. The van der Waals surface area contributed by atoms with Crippen LogP contribution in [0, 0.1) is 0 Å². The van der Waals surface area contributed by atoms with E-state index in [9.17, 15) is 9.59 Å². The summed E-state index contributed by atoms with van der Waals surface area (Å²) in [5.41, 5.74) is 0. The molecule has 0 aromatic rings. The van der Waals surface area contributed by atoms with Crippen LogP contribution in [-0.4, -0.2) is 47.7 Å². The number of carbonyl (C=O) groups is 2. The zero-order valence-electron chi connectivity index (χ0n) is 8.73. The molecule has 0 bridgehead atoms. The highest BCUT2D eigenvalue weighted by Gasteiger charge is 2.37. The van der Waals surface area contributed by atoms with Crippen molar-refractivity contribution in [3.63, 3.8) is 0 Å². The van der Waals surface area contributed by atoms with Crippen LogP contribution < -0.4 is 0 Å². The summed E-state index contributed by atoms with van der Waals surface area (Å²) in [5, 5.41) is 0. The highest BCUT2D eigenvalue weighted by Crippen LogP contribution is 2.28. The number of rotatable bonds is 2. The Labute approximate surface area is 102 Å². The minimum Gasteiger partial charge on any atom is -0.469 e. The van der Waals surface area contributed by atoms with Crippen molar-refractivity contribution in [1.82, 2.24) is 4.90 Å². The molecule has 0 aliphatic carbocycles. The summed E-state index contributed by atoms with van der Waals surface area (Å²) in [4.78, 5) is 24.1. The Bertz CT molecular complexity index is 258. The fraction of sp³-hybridized carbons (Fsp3) is 0.778. The van der Waals surface area contributed by atoms with Crippen molar-refractivity contribution < 1.29 is 19.1 Å². The molecule has 5 nitrogen and oxygen atoms in total. The maximum atomic E-state index is 11.4. The minimum absolute atomic E-state index is 0.106. The lowest BCUT2D eigenvalue weighted by atomic mass is 10.1. The van der Waals surface area contributed by atoms with Crippen molar-refractivity contribution in [1.29, 1.82) is 0 Å². The Morgan fingerprint density at radius 2 is 2.07 bits per heavy atom. The van der Waals surface area contributed by atoms with E-state index in [4.69, 9.17) is 0 Å². The molecule has 1 fully saturated rings. The van der Waals surface area contributed by atoms with Gasteiger partial charge in [0.15, 0.2) is 0 Å². The molecule has 0 N–H and O–H groups in total. The first-order valence-corrected chi connectivity index (χ1v) is 5.90. The van der Waals surface area contributed by atoms with Crippen LogP contribution in [0.2, 0.25) is 0 Å². The van der Waals surface area contributed by atoms with Gasteiger partial charge in [0, 0.05) is 10.5 Å². The molecule has 0 radical (unpaired) electrons. The zero-order chi connectivity index (χ0) is 11.4. The van der Waals surface area contributed by atoms with E-state index in [1.54, 1.807) is 4.90 Å². The molecule has 0 aromatic carbocycles. The Balaban J connectivity index is 2.64. The van der Waals surface area contributed by atoms with Crippen molar-refractivity contribution >= 4 is 34.7 Å². The molecule has 1 rings (SSSR count). The van der Waals surface area contributed by atoms with Crippen LogP contribution >= 0.6 is 22.6 Å². The largest absolute Gasteiger partial charge is 0.469 e. The lowest BCUT2D eigenvalue weighted by Crippen LogP contribution is -2.39. The van der Waals surface area contributed by atoms with Gasteiger partial charge in [-0.05, 0) is 6.42 Å². The first-order chi connectivity index (χ1) is 7.10. The SMILES string of the molecule is COC(=O)C[C@H]1[C@H](I)CCN1C(=O)OC. The molecular formula is C9H14INO4. The van der Waals surface area contributed by atoms with Crippen LogP contribution in [0.15, 0.2) is 0 Å². The fourth-order valence-electron chi connectivity index (χ4n) is 1.65. The predicted octanol–water partition coefficient (Wildman–Crippen LogP) is 1.19. The average Bonchev–Trinajstić information content (AvgIpc) is 2.59. The summed E-state index contributed by atoms with van der Waals surface area (Å²) in [5.74, 6) is -0.294. The van der Waals surface area contributed by atoms with Crippen LogP contribution in [0.5, 0.6) is 0 Å². The average molecular weight is 327 g/mol. The molecule has 2 atom stereocenters. The molecule has 86 valence electrons. The van der Waals surface area contributed by atoms with E-state index in [2.05, 4.69) is 32.1 Å². The van der Waals surface area contributed by atoms with Gasteiger partial charge in [0.2, 0.25) is 0 Å².